The normalized spacial score (nSPS) is 16.2. The summed E-state index contributed by atoms with van der Waals surface area (Å²) >= 11 is 6.02. The maximum Gasteiger partial charge on any atom is 0.431 e. The minimum Gasteiger partial charge on any atom is -0.478 e. The fraction of sp³-hybridized carbons (Fsp3) is 0.286. The van der Waals surface area contributed by atoms with Crippen molar-refractivity contribution in [3.63, 3.8) is 0 Å². The number of urea groups is 1. The van der Waals surface area contributed by atoms with Crippen molar-refractivity contribution in [2.24, 2.45) is 0 Å². The number of halogens is 5. The van der Waals surface area contributed by atoms with E-state index in [0.29, 0.717) is 17.0 Å². The number of carbonyl (C=O) groups is 2. The summed E-state index contributed by atoms with van der Waals surface area (Å²) in [6.07, 6.45) is -6.80. The zero-order valence-corrected chi connectivity index (χ0v) is 18.9. The van der Waals surface area contributed by atoms with Crippen molar-refractivity contribution < 1.29 is 46.5 Å². The number of allylic oxidation sites excluding steroid dienone is 1. The highest BCUT2D eigenvalue weighted by atomic mass is 35.5. The number of hydrogen-bond donors (Lipinski definition) is 1. The molecule has 14 heteroatoms. The lowest BCUT2D eigenvalue weighted by Crippen LogP contribution is -2.53. The van der Waals surface area contributed by atoms with Crippen molar-refractivity contribution in [3.8, 4) is 17.4 Å². The van der Waals surface area contributed by atoms with Crippen LogP contribution < -0.4 is 14.4 Å². The molecular weight excluding hydrogens is 502 g/mol. The van der Waals surface area contributed by atoms with Crippen molar-refractivity contribution in [1.29, 1.82) is 0 Å². The second-order valence-corrected chi connectivity index (χ2v) is 7.31. The van der Waals surface area contributed by atoms with Crippen molar-refractivity contribution in [1.82, 2.24) is 9.88 Å². The Hall–Kier alpha value is -3.58. The zero-order valence-electron chi connectivity index (χ0n) is 18.2. The minimum absolute atomic E-state index is 0.00866. The van der Waals surface area contributed by atoms with Crippen LogP contribution in [0.2, 0.25) is 5.02 Å². The molecule has 9 nitrogen and oxygen atoms in total. The number of nitrogens with zero attached hydrogens (tertiary/aromatic N) is 3. The third-order valence-electron chi connectivity index (χ3n) is 4.53. The fourth-order valence-corrected chi connectivity index (χ4v) is 3.16. The maximum atomic E-state index is 14.7. The van der Waals surface area contributed by atoms with Crippen LogP contribution in [0, 0.1) is 5.82 Å². The molecule has 35 heavy (non-hydrogen) atoms. The first-order valence-corrected chi connectivity index (χ1v) is 10.3. The Morgan fingerprint density at radius 3 is 2.54 bits per heavy atom. The van der Waals surface area contributed by atoms with Gasteiger partial charge in [0, 0.05) is 13.1 Å². The van der Waals surface area contributed by atoms with E-state index in [1.165, 1.54) is 12.1 Å². The summed E-state index contributed by atoms with van der Waals surface area (Å²) < 4.78 is 69.8. The van der Waals surface area contributed by atoms with Crippen LogP contribution in [0.3, 0.4) is 0 Å². The van der Waals surface area contributed by atoms with Gasteiger partial charge in [-0.25, -0.2) is 18.9 Å². The van der Waals surface area contributed by atoms with Gasteiger partial charge in [-0.2, -0.15) is 18.2 Å². The number of anilines is 1. The highest BCUT2D eigenvalue weighted by Crippen LogP contribution is 2.38. The molecule has 188 valence electrons. The van der Waals surface area contributed by atoms with Crippen LogP contribution in [0.1, 0.15) is 6.92 Å². The van der Waals surface area contributed by atoms with Crippen LogP contribution in [0.5, 0.6) is 17.4 Å². The Bertz CT molecular complexity index is 1160. The lowest BCUT2D eigenvalue weighted by Gasteiger charge is -2.36. The van der Waals surface area contributed by atoms with E-state index in [2.05, 4.69) is 4.98 Å². The molecule has 2 aromatic rings. The highest BCUT2D eigenvalue weighted by molar-refractivity contribution is 6.32. The average Bonchev–Trinajstić information content (AvgIpc) is 2.78. The second-order valence-electron chi connectivity index (χ2n) is 6.90. The summed E-state index contributed by atoms with van der Waals surface area (Å²) in [5, 5.41) is 9.83. The molecule has 1 aliphatic rings. The van der Waals surface area contributed by atoms with Gasteiger partial charge in [0.25, 0.3) is 0 Å². The Labute approximate surface area is 201 Å². The molecule has 1 aromatic heterocycles. The molecule has 1 aliphatic heterocycles. The van der Waals surface area contributed by atoms with E-state index >= 15 is 0 Å². The molecule has 1 atom stereocenters. The van der Waals surface area contributed by atoms with Gasteiger partial charge in [-0.1, -0.05) is 23.7 Å². The number of ether oxygens (including phenoxy) is 3. The van der Waals surface area contributed by atoms with Gasteiger partial charge in [0.2, 0.25) is 5.88 Å². The SMILES string of the molecule is CCOC(=O)COc1ccccc1Oc1nc(N2C(=O)N(C)C(C(F)(F)F)=CC2O)c(F)cc1Cl. The lowest BCUT2D eigenvalue weighted by atomic mass is 10.2. The van der Waals surface area contributed by atoms with E-state index in [1.54, 1.807) is 19.1 Å². The third-order valence-corrected chi connectivity index (χ3v) is 4.80. The summed E-state index contributed by atoms with van der Waals surface area (Å²) in [6.45, 7) is 1.32. The van der Waals surface area contributed by atoms with Gasteiger partial charge in [0.15, 0.2) is 36.0 Å². The summed E-state index contributed by atoms with van der Waals surface area (Å²) in [6, 6.07) is 5.29. The van der Waals surface area contributed by atoms with E-state index < -0.39 is 54.2 Å². The van der Waals surface area contributed by atoms with Crippen molar-refractivity contribution in [2.75, 3.05) is 25.2 Å². The van der Waals surface area contributed by atoms with Gasteiger partial charge < -0.3 is 19.3 Å². The first-order valence-electron chi connectivity index (χ1n) is 9.89. The van der Waals surface area contributed by atoms with Crippen molar-refractivity contribution >= 4 is 29.4 Å². The van der Waals surface area contributed by atoms with Crippen LogP contribution in [0.4, 0.5) is 28.2 Å². The Balaban J connectivity index is 1.94. The number of esters is 1. The first-order chi connectivity index (χ1) is 16.4. The topological polar surface area (TPSA) is 101 Å². The van der Waals surface area contributed by atoms with E-state index in [9.17, 15) is 32.3 Å². The highest BCUT2D eigenvalue weighted by Gasteiger charge is 2.45. The zero-order chi connectivity index (χ0) is 25.9. The molecule has 2 amide bonds. The fourth-order valence-electron chi connectivity index (χ4n) is 2.98. The predicted molar refractivity (Wildman–Crippen MR) is 114 cm³/mol. The molecule has 2 heterocycles. The van der Waals surface area contributed by atoms with Gasteiger partial charge in [-0.3, -0.25) is 4.90 Å². The number of para-hydroxylation sites is 2. The van der Waals surface area contributed by atoms with Crippen LogP contribution >= 0.6 is 11.6 Å². The molecule has 1 unspecified atom stereocenters. The molecule has 0 radical (unpaired) electrons. The number of aliphatic hydroxyl groups is 1. The minimum atomic E-state index is -4.94. The summed E-state index contributed by atoms with van der Waals surface area (Å²) in [5.74, 6) is -3.09. The molecule has 0 spiro atoms. The lowest BCUT2D eigenvalue weighted by molar-refractivity contribution is -0.145. The number of benzene rings is 1. The number of rotatable bonds is 7. The smallest absolute Gasteiger partial charge is 0.431 e. The largest absolute Gasteiger partial charge is 0.478 e. The molecule has 0 saturated carbocycles. The van der Waals surface area contributed by atoms with Gasteiger partial charge >= 0.3 is 18.2 Å². The monoisotopic (exact) mass is 519 g/mol. The number of aliphatic hydroxyl groups excluding tert-OH is 1. The molecule has 0 saturated heterocycles. The molecule has 0 aliphatic carbocycles. The van der Waals surface area contributed by atoms with E-state index in [-0.39, 0.29) is 28.0 Å². The maximum absolute atomic E-state index is 14.7. The predicted octanol–water partition coefficient (Wildman–Crippen LogP) is 4.24. The van der Waals surface area contributed by atoms with E-state index in [1.807, 2.05) is 0 Å². The standard InChI is InChI=1S/C21H18ClF4N3O6/c1-3-33-17(31)10-34-13-6-4-5-7-14(13)35-19-11(22)8-12(23)18(27-19)29-16(30)9-15(21(24,25)26)28(2)20(29)32/h4-9,16,30H,3,10H2,1-2H3. The summed E-state index contributed by atoms with van der Waals surface area (Å²) in [7, 11) is 0.808. The second kappa shape index (κ2) is 10.4. The molecular formula is C21H18ClF4N3O6. The summed E-state index contributed by atoms with van der Waals surface area (Å²) in [4.78, 5) is 28.4. The number of carbonyl (C=O) groups excluding carboxylic acids is 2. The molecule has 0 bridgehead atoms. The van der Waals surface area contributed by atoms with E-state index in [4.69, 9.17) is 25.8 Å². The molecule has 3 rings (SSSR count). The van der Waals surface area contributed by atoms with Gasteiger partial charge in [0.05, 0.1) is 6.61 Å². The Morgan fingerprint density at radius 2 is 1.91 bits per heavy atom. The number of amides is 2. The number of hydrogen-bond acceptors (Lipinski definition) is 7. The van der Waals surface area contributed by atoms with Crippen molar-refractivity contribution in [3.05, 3.63) is 52.9 Å². The van der Waals surface area contributed by atoms with Gasteiger partial charge in [0.1, 0.15) is 10.7 Å². The van der Waals surface area contributed by atoms with Crippen LogP contribution in [0.25, 0.3) is 0 Å². The van der Waals surface area contributed by atoms with Crippen LogP contribution in [-0.2, 0) is 9.53 Å². The number of pyridine rings is 1. The third kappa shape index (κ3) is 5.74. The number of aromatic nitrogens is 1. The summed E-state index contributed by atoms with van der Waals surface area (Å²) in [5.41, 5.74) is -1.43. The van der Waals surface area contributed by atoms with Crippen molar-refractivity contribution in [2.45, 2.75) is 19.3 Å². The average molecular weight is 520 g/mol. The van der Waals surface area contributed by atoms with Crippen LogP contribution in [-0.4, -0.2) is 59.7 Å². The Morgan fingerprint density at radius 1 is 1.26 bits per heavy atom. The quantitative estimate of drug-likeness (QED) is 0.431. The van der Waals surface area contributed by atoms with Gasteiger partial charge in [-0.05, 0) is 25.1 Å². The molecule has 1 aromatic carbocycles. The number of alkyl halides is 3. The molecule has 0 fully saturated rings. The van der Waals surface area contributed by atoms with E-state index in [0.717, 1.165) is 7.05 Å². The Kier molecular flexibility index (Phi) is 7.70. The van der Waals surface area contributed by atoms with Gasteiger partial charge in [-0.15, -0.1) is 0 Å². The molecule has 1 N–H and O–H groups in total. The van der Waals surface area contributed by atoms with Crippen LogP contribution in [0.15, 0.2) is 42.1 Å². The first kappa shape index (κ1) is 26.0.